The molecule has 0 saturated carbocycles. The van der Waals surface area contributed by atoms with Crippen molar-refractivity contribution in [1.82, 2.24) is 4.90 Å². The van der Waals surface area contributed by atoms with Crippen LogP contribution in [0.25, 0.3) is 0 Å². The number of benzene rings is 1. The normalized spacial score (nSPS) is 26.2. The Labute approximate surface area is 134 Å². The monoisotopic (exact) mass is 311 g/mol. The Morgan fingerprint density at radius 2 is 1.86 bits per heavy atom. The highest BCUT2D eigenvalue weighted by molar-refractivity contribution is 5.89. The minimum absolute atomic E-state index is 0. The van der Waals surface area contributed by atoms with Gasteiger partial charge in [0, 0.05) is 31.0 Å². The van der Waals surface area contributed by atoms with Crippen molar-refractivity contribution in [3.8, 4) is 0 Å². The molecule has 0 N–H and O–H groups in total. The van der Waals surface area contributed by atoms with Crippen LogP contribution >= 0.6 is 12.4 Å². The van der Waals surface area contributed by atoms with Gasteiger partial charge in [-0.15, -0.1) is 12.4 Å². The molecule has 21 heavy (non-hydrogen) atoms. The van der Waals surface area contributed by atoms with Gasteiger partial charge in [-0.25, -0.2) is 4.79 Å². The Kier molecular flexibility index (Phi) is 6.69. The van der Waals surface area contributed by atoms with E-state index in [1.807, 2.05) is 18.2 Å². The SMILES string of the molecule is CC1CN(C(C)C)C(C)CC1OC(=O)c1ccccc1.Cl. The number of nitrogens with zero attached hydrogens (tertiary/aromatic N) is 1. The molecular weight excluding hydrogens is 286 g/mol. The Bertz CT molecular complexity index is 449. The average molecular weight is 312 g/mol. The maximum atomic E-state index is 12.1. The van der Waals surface area contributed by atoms with E-state index in [1.54, 1.807) is 12.1 Å². The molecule has 0 amide bonds. The Hall–Kier alpha value is -1.06. The molecule has 1 heterocycles. The van der Waals surface area contributed by atoms with Crippen LogP contribution in [0.4, 0.5) is 0 Å². The van der Waals surface area contributed by atoms with E-state index >= 15 is 0 Å². The fourth-order valence-corrected chi connectivity index (χ4v) is 3.00. The first kappa shape index (κ1) is 18.0. The smallest absolute Gasteiger partial charge is 0.338 e. The second-order valence-corrected chi connectivity index (χ2v) is 6.16. The number of piperidine rings is 1. The molecule has 0 aromatic heterocycles. The van der Waals surface area contributed by atoms with Gasteiger partial charge in [0.15, 0.2) is 0 Å². The second kappa shape index (κ2) is 7.81. The molecule has 3 atom stereocenters. The molecule has 0 bridgehead atoms. The van der Waals surface area contributed by atoms with Gasteiger partial charge in [0.1, 0.15) is 6.10 Å². The summed E-state index contributed by atoms with van der Waals surface area (Å²) in [4.78, 5) is 14.6. The van der Waals surface area contributed by atoms with Crippen LogP contribution in [-0.4, -0.2) is 35.6 Å². The van der Waals surface area contributed by atoms with Crippen LogP contribution in [0.1, 0.15) is 44.5 Å². The molecule has 0 aliphatic carbocycles. The van der Waals surface area contributed by atoms with Crippen LogP contribution in [0.2, 0.25) is 0 Å². The van der Waals surface area contributed by atoms with Crippen molar-refractivity contribution < 1.29 is 9.53 Å². The van der Waals surface area contributed by atoms with Crippen LogP contribution in [0.5, 0.6) is 0 Å². The van der Waals surface area contributed by atoms with Gasteiger partial charge in [-0.1, -0.05) is 25.1 Å². The van der Waals surface area contributed by atoms with E-state index in [4.69, 9.17) is 4.74 Å². The topological polar surface area (TPSA) is 29.5 Å². The minimum atomic E-state index is -0.201. The van der Waals surface area contributed by atoms with E-state index < -0.39 is 0 Å². The van der Waals surface area contributed by atoms with Crippen LogP contribution < -0.4 is 0 Å². The highest BCUT2D eigenvalue weighted by atomic mass is 35.5. The molecule has 1 aromatic rings. The summed E-state index contributed by atoms with van der Waals surface area (Å²) in [7, 11) is 0. The van der Waals surface area contributed by atoms with Crippen molar-refractivity contribution in [2.45, 2.75) is 52.3 Å². The molecule has 0 radical (unpaired) electrons. The van der Waals surface area contributed by atoms with Gasteiger partial charge in [0.05, 0.1) is 5.56 Å². The van der Waals surface area contributed by atoms with Crippen LogP contribution in [0, 0.1) is 5.92 Å². The maximum absolute atomic E-state index is 12.1. The number of likely N-dealkylation sites (tertiary alicyclic amines) is 1. The largest absolute Gasteiger partial charge is 0.458 e. The lowest BCUT2D eigenvalue weighted by atomic mass is 9.90. The summed E-state index contributed by atoms with van der Waals surface area (Å²) in [6.07, 6.45) is 0.936. The standard InChI is InChI=1S/C17H25NO2.ClH/c1-12(2)18-11-13(3)16(10-14(18)4)20-17(19)15-8-6-5-7-9-15;/h5-9,12-14,16H,10-11H2,1-4H3;1H. The van der Waals surface area contributed by atoms with E-state index in [2.05, 4.69) is 32.6 Å². The molecule has 1 aromatic carbocycles. The van der Waals surface area contributed by atoms with Crippen molar-refractivity contribution in [2.24, 2.45) is 5.92 Å². The van der Waals surface area contributed by atoms with E-state index in [1.165, 1.54) is 0 Å². The Balaban J connectivity index is 0.00000220. The lowest BCUT2D eigenvalue weighted by Gasteiger charge is -2.43. The molecule has 0 spiro atoms. The number of carbonyl (C=O) groups is 1. The van der Waals surface area contributed by atoms with Crippen LogP contribution in [0.15, 0.2) is 30.3 Å². The predicted octanol–water partition coefficient (Wildman–Crippen LogP) is 3.77. The van der Waals surface area contributed by atoms with Crippen molar-refractivity contribution in [2.75, 3.05) is 6.54 Å². The predicted molar refractivity (Wildman–Crippen MR) is 88.0 cm³/mol. The number of esters is 1. The van der Waals surface area contributed by atoms with Crippen molar-refractivity contribution in [3.05, 3.63) is 35.9 Å². The zero-order valence-corrected chi connectivity index (χ0v) is 14.1. The molecule has 2 rings (SSSR count). The number of hydrogen-bond acceptors (Lipinski definition) is 3. The van der Waals surface area contributed by atoms with Gasteiger partial charge in [-0.3, -0.25) is 4.90 Å². The lowest BCUT2D eigenvalue weighted by Crippen LogP contribution is -2.51. The van der Waals surface area contributed by atoms with Gasteiger partial charge < -0.3 is 4.74 Å². The minimum Gasteiger partial charge on any atom is -0.458 e. The first-order valence-corrected chi connectivity index (χ1v) is 7.50. The zero-order chi connectivity index (χ0) is 14.7. The van der Waals surface area contributed by atoms with Gasteiger partial charge in [-0.2, -0.15) is 0 Å². The fraction of sp³-hybridized carbons (Fsp3) is 0.588. The fourth-order valence-electron chi connectivity index (χ4n) is 3.00. The molecule has 1 aliphatic rings. The number of halogens is 1. The van der Waals surface area contributed by atoms with Gasteiger partial charge in [-0.05, 0) is 32.9 Å². The summed E-state index contributed by atoms with van der Waals surface area (Å²) in [5, 5.41) is 0. The summed E-state index contributed by atoms with van der Waals surface area (Å²) in [6.45, 7) is 9.82. The van der Waals surface area contributed by atoms with E-state index in [0.717, 1.165) is 13.0 Å². The number of rotatable bonds is 3. The summed E-state index contributed by atoms with van der Waals surface area (Å²) >= 11 is 0. The number of carbonyl (C=O) groups excluding carboxylic acids is 1. The van der Waals surface area contributed by atoms with E-state index in [0.29, 0.717) is 23.6 Å². The second-order valence-electron chi connectivity index (χ2n) is 6.16. The summed E-state index contributed by atoms with van der Waals surface area (Å²) in [5.41, 5.74) is 0.638. The first-order chi connectivity index (χ1) is 9.49. The van der Waals surface area contributed by atoms with Gasteiger partial charge in [0.25, 0.3) is 0 Å². The molecule has 1 fully saturated rings. The van der Waals surface area contributed by atoms with Gasteiger partial charge >= 0.3 is 5.97 Å². The molecule has 1 aliphatic heterocycles. The summed E-state index contributed by atoms with van der Waals surface area (Å²) < 4.78 is 5.72. The molecule has 3 unspecified atom stereocenters. The van der Waals surface area contributed by atoms with E-state index in [9.17, 15) is 4.79 Å². The molecule has 3 nitrogen and oxygen atoms in total. The Morgan fingerprint density at radius 1 is 1.24 bits per heavy atom. The average Bonchev–Trinajstić information content (AvgIpc) is 2.43. The van der Waals surface area contributed by atoms with Crippen LogP contribution in [-0.2, 0) is 4.74 Å². The maximum Gasteiger partial charge on any atom is 0.338 e. The molecular formula is C17H26ClNO2. The number of ether oxygens (including phenoxy) is 1. The summed E-state index contributed by atoms with van der Waals surface area (Å²) in [6, 6.07) is 10.2. The quantitative estimate of drug-likeness (QED) is 0.796. The van der Waals surface area contributed by atoms with Crippen molar-refractivity contribution >= 4 is 18.4 Å². The van der Waals surface area contributed by atoms with Crippen LogP contribution in [0.3, 0.4) is 0 Å². The third kappa shape index (κ3) is 4.45. The van der Waals surface area contributed by atoms with E-state index in [-0.39, 0.29) is 24.5 Å². The highest BCUT2D eigenvalue weighted by Crippen LogP contribution is 2.27. The zero-order valence-electron chi connectivity index (χ0n) is 13.3. The third-order valence-corrected chi connectivity index (χ3v) is 4.20. The molecule has 118 valence electrons. The molecule has 1 saturated heterocycles. The third-order valence-electron chi connectivity index (χ3n) is 4.20. The lowest BCUT2D eigenvalue weighted by molar-refractivity contribution is -0.0329. The van der Waals surface area contributed by atoms with Gasteiger partial charge in [0.2, 0.25) is 0 Å². The van der Waals surface area contributed by atoms with Crippen molar-refractivity contribution in [1.29, 1.82) is 0 Å². The summed E-state index contributed by atoms with van der Waals surface area (Å²) in [5.74, 6) is 0.175. The number of hydrogen-bond donors (Lipinski definition) is 0. The van der Waals surface area contributed by atoms with Crippen molar-refractivity contribution in [3.63, 3.8) is 0 Å². The first-order valence-electron chi connectivity index (χ1n) is 7.50. The highest BCUT2D eigenvalue weighted by Gasteiger charge is 2.34. The Morgan fingerprint density at radius 3 is 2.43 bits per heavy atom. The molecule has 4 heteroatoms.